The van der Waals surface area contributed by atoms with E-state index < -0.39 is 0 Å². The van der Waals surface area contributed by atoms with Crippen molar-refractivity contribution in [3.05, 3.63) is 34.6 Å². The van der Waals surface area contributed by atoms with Crippen LogP contribution in [0.15, 0.2) is 18.2 Å². The highest BCUT2D eigenvalue weighted by atomic mass is 35.5. The van der Waals surface area contributed by atoms with Gasteiger partial charge in [0.05, 0.1) is 5.02 Å². The fourth-order valence-electron chi connectivity index (χ4n) is 2.75. The molecule has 0 aliphatic heterocycles. The highest BCUT2D eigenvalue weighted by Gasteiger charge is 2.32. The summed E-state index contributed by atoms with van der Waals surface area (Å²) in [5.41, 5.74) is 1.17. The van der Waals surface area contributed by atoms with Gasteiger partial charge in [-0.2, -0.15) is 0 Å². The molecule has 0 bridgehead atoms. The van der Waals surface area contributed by atoms with Gasteiger partial charge < -0.3 is 5.32 Å². The van der Waals surface area contributed by atoms with Crippen LogP contribution in [0.2, 0.25) is 5.02 Å². The molecule has 1 aromatic rings. The van der Waals surface area contributed by atoms with Crippen LogP contribution in [0, 0.1) is 17.7 Å². The van der Waals surface area contributed by atoms with Crippen LogP contribution in [0.25, 0.3) is 0 Å². The van der Waals surface area contributed by atoms with Crippen LogP contribution in [0.1, 0.15) is 31.2 Å². The number of nitrogens with one attached hydrogen (secondary N) is 1. The van der Waals surface area contributed by atoms with Crippen molar-refractivity contribution in [1.29, 1.82) is 0 Å². The number of halogens is 2. The summed E-state index contributed by atoms with van der Waals surface area (Å²) in [6, 6.07) is 5.92. The minimum Gasteiger partial charge on any atom is -0.314 e. The molecule has 0 radical (unpaired) electrons. The molecule has 0 aromatic heterocycles. The Labute approximate surface area is 113 Å². The first-order valence-corrected chi connectivity index (χ1v) is 7.27. The van der Waals surface area contributed by atoms with Crippen molar-refractivity contribution in [1.82, 2.24) is 5.32 Å². The van der Waals surface area contributed by atoms with Gasteiger partial charge in [-0.1, -0.05) is 17.7 Å². The minimum atomic E-state index is -0.319. The number of hydrogen-bond acceptors (Lipinski definition) is 1. The third-order valence-electron chi connectivity index (χ3n) is 4.30. The van der Waals surface area contributed by atoms with E-state index in [2.05, 4.69) is 5.32 Å². The van der Waals surface area contributed by atoms with Gasteiger partial charge in [0.15, 0.2) is 0 Å². The molecule has 2 atom stereocenters. The van der Waals surface area contributed by atoms with E-state index in [1.54, 1.807) is 6.07 Å². The van der Waals surface area contributed by atoms with Crippen LogP contribution in [0.4, 0.5) is 4.39 Å². The molecule has 3 rings (SSSR count). The maximum Gasteiger partial charge on any atom is 0.141 e. The predicted molar refractivity (Wildman–Crippen MR) is 72.4 cm³/mol. The molecular weight excluding hydrogens is 249 g/mol. The van der Waals surface area contributed by atoms with E-state index in [0.717, 1.165) is 30.8 Å². The molecule has 2 aliphatic carbocycles. The Morgan fingerprint density at radius 3 is 2.56 bits per heavy atom. The Bertz CT molecular complexity index is 431. The van der Waals surface area contributed by atoms with Crippen molar-refractivity contribution < 1.29 is 4.39 Å². The van der Waals surface area contributed by atoms with Gasteiger partial charge in [0.1, 0.15) is 5.82 Å². The first-order chi connectivity index (χ1) is 8.72. The molecule has 2 saturated carbocycles. The van der Waals surface area contributed by atoms with E-state index in [9.17, 15) is 4.39 Å². The van der Waals surface area contributed by atoms with Gasteiger partial charge in [0.25, 0.3) is 0 Å². The summed E-state index contributed by atoms with van der Waals surface area (Å²) < 4.78 is 13.1. The number of rotatable bonds is 5. The van der Waals surface area contributed by atoms with Crippen molar-refractivity contribution in [3.8, 4) is 0 Å². The highest BCUT2D eigenvalue weighted by Crippen LogP contribution is 2.37. The van der Waals surface area contributed by atoms with E-state index in [1.165, 1.54) is 37.3 Å². The normalized spacial score (nSPS) is 27.0. The maximum absolute atomic E-state index is 13.1. The van der Waals surface area contributed by atoms with Gasteiger partial charge in [-0.05, 0) is 68.2 Å². The van der Waals surface area contributed by atoms with Gasteiger partial charge >= 0.3 is 0 Å². The average molecular weight is 268 g/mol. The van der Waals surface area contributed by atoms with Gasteiger partial charge in [0.2, 0.25) is 0 Å². The largest absolute Gasteiger partial charge is 0.314 e. The smallest absolute Gasteiger partial charge is 0.141 e. The Morgan fingerprint density at radius 2 is 1.94 bits per heavy atom. The lowest BCUT2D eigenvalue weighted by Crippen LogP contribution is -2.37. The maximum atomic E-state index is 13.1. The van der Waals surface area contributed by atoms with Crippen molar-refractivity contribution in [2.75, 3.05) is 6.54 Å². The molecule has 0 spiro atoms. The van der Waals surface area contributed by atoms with Crippen LogP contribution in [0.5, 0.6) is 0 Å². The molecule has 3 heteroatoms. The quantitative estimate of drug-likeness (QED) is 0.856. The molecule has 1 nitrogen and oxygen atoms in total. The molecule has 2 unspecified atom stereocenters. The molecule has 1 N–H and O–H groups in total. The van der Waals surface area contributed by atoms with Crippen LogP contribution in [-0.2, 0) is 6.42 Å². The van der Waals surface area contributed by atoms with E-state index in [4.69, 9.17) is 11.6 Å². The zero-order valence-corrected chi connectivity index (χ0v) is 11.2. The molecule has 98 valence electrons. The van der Waals surface area contributed by atoms with Crippen LogP contribution in [0.3, 0.4) is 0 Å². The van der Waals surface area contributed by atoms with Crippen molar-refractivity contribution in [2.45, 2.75) is 38.1 Å². The second-order valence-corrected chi connectivity index (χ2v) is 6.14. The predicted octanol–water partition coefficient (Wildman–Crippen LogP) is 3.80. The average Bonchev–Trinajstić information content (AvgIpc) is 3.13. The van der Waals surface area contributed by atoms with Gasteiger partial charge in [-0.3, -0.25) is 0 Å². The van der Waals surface area contributed by atoms with Crippen LogP contribution in [-0.4, -0.2) is 12.6 Å². The first-order valence-electron chi connectivity index (χ1n) is 6.89. The van der Waals surface area contributed by atoms with Gasteiger partial charge in [0, 0.05) is 6.04 Å². The monoisotopic (exact) mass is 267 g/mol. The molecule has 18 heavy (non-hydrogen) atoms. The minimum absolute atomic E-state index is 0.250. The fourth-order valence-corrected chi connectivity index (χ4v) is 2.95. The Hall–Kier alpha value is -0.600. The topological polar surface area (TPSA) is 12.0 Å². The van der Waals surface area contributed by atoms with Crippen LogP contribution >= 0.6 is 11.6 Å². The molecular formula is C15H19ClFN. The lowest BCUT2D eigenvalue weighted by atomic mass is 9.70. The van der Waals surface area contributed by atoms with Crippen LogP contribution < -0.4 is 5.32 Å². The zero-order chi connectivity index (χ0) is 12.5. The lowest BCUT2D eigenvalue weighted by Gasteiger charge is -2.37. The molecule has 1 aromatic carbocycles. The van der Waals surface area contributed by atoms with Crippen molar-refractivity contribution in [3.63, 3.8) is 0 Å². The number of hydrogen-bond donors (Lipinski definition) is 1. The Balaban J connectivity index is 1.53. The third kappa shape index (κ3) is 2.86. The SMILES string of the molecule is Fc1ccc(CC2CCC2CNC2CC2)cc1Cl. The Morgan fingerprint density at radius 1 is 1.17 bits per heavy atom. The van der Waals surface area contributed by atoms with E-state index in [0.29, 0.717) is 0 Å². The Kier molecular flexibility index (Phi) is 3.58. The molecule has 0 saturated heterocycles. The zero-order valence-electron chi connectivity index (χ0n) is 10.5. The number of benzene rings is 1. The second kappa shape index (κ2) is 5.18. The van der Waals surface area contributed by atoms with Crippen molar-refractivity contribution >= 4 is 11.6 Å². The van der Waals surface area contributed by atoms with Gasteiger partial charge in [-0.15, -0.1) is 0 Å². The summed E-state index contributed by atoms with van der Waals surface area (Å²) in [6.45, 7) is 1.16. The summed E-state index contributed by atoms with van der Waals surface area (Å²) in [7, 11) is 0. The molecule has 2 aliphatic rings. The lowest BCUT2D eigenvalue weighted by molar-refractivity contribution is 0.170. The standard InChI is InChI=1S/C15H19ClFN/c16-14-8-10(1-6-15(14)17)7-11-2-3-12(11)9-18-13-4-5-13/h1,6,8,11-13,18H,2-5,7,9H2. The summed E-state index contributed by atoms with van der Waals surface area (Å²) in [6.07, 6.45) is 6.37. The molecule has 0 amide bonds. The van der Waals surface area contributed by atoms with Crippen molar-refractivity contribution in [2.24, 2.45) is 11.8 Å². The van der Waals surface area contributed by atoms with Gasteiger partial charge in [-0.25, -0.2) is 4.39 Å². The molecule has 2 fully saturated rings. The summed E-state index contributed by atoms with van der Waals surface area (Å²) in [5.74, 6) is 1.23. The summed E-state index contributed by atoms with van der Waals surface area (Å²) >= 11 is 5.82. The molecule has 0 heterocycles. The fraction of sp³-hybridized carbons (Fsp3) is 0.600. The highest BCUT2D eigenvalue weighted by molar-refractivity contribution is 6.30. The second-order valence-electron chi connectivity index (χ2n) is 5.73. The van der Waals surface area contributed by atoms with E-state index in [-0.39, 0.29) is 10.8 Å². The first kappa shape index (κ1) is 12.4. The third-order valence-corrected chi connectivity index (χ3v) is 4.59. The van der Waals surface area contributed by atoms with E-state index >= 15 is 0 Å². The summed E-state index contributed by atoms with van der Waals surface area (Å²) in [5, 5.41) is 3.86. The summed E-state index contributed by atoms with van der Waals surface area (Å²) in [4.78, 5) is 0. The van der Waals surface area contributed by atoms with E-state index in [1.807, 2.05) is 6.07 Å².